The number of nitrogens with one attached hydrogen (secondary N) is 1. The van der Waals surface area contributed by atoms with E-state index in [0.717, 1.165) is 33.2 Å². The minimum Gasteiger partial charge on any atom is -0.460 e. The van der Waals surface area contributed by atoms with Crippen molar-refractivity contribution in [2.45, 2.75) is 26.1 Å². The fourth-order valence-corrected chi connectivity index (χ4v) is 3.23. The van der Waals surface area contributed by atoms with E-state index in [4.69, 9.17) is 14.9 Å². The van der Waals surface area contributed by atoms with Crippen LogP contribution in [-0.2, 0) is 17.9 Å². The molecule has 144 valence electrons. The van der Waals surface area contributed by atoms with Gasteiger partial charge in [-0.3, -0.25) is 4.68 Å². The number of hydrogen-bond acceptors (Lipinski definition) is 5. The van der Waals surface area contributed by atoms with E-state index in [2.05, 4.69) is 10.4 Å². The molecule has 4 rings (SSSR count). The molecule has 0 unspecified atom stereocenters. The predicted molar refractivity (Wildman–Crippen MR) is 107 cm³/mol. The molecule has 28 heavy (non-hydrogen) atoms. The van der Waals surface area contributed by atoms with Crippen LogP contribution in [0.4, 0.5) is 4.79 Å². The van der Waals surface area contributed by atoms with Gasteiger partial charge in [0, 0.05) is 17.3 Å². The number of furan rings is 1. The zero-order valence-electron chi connectivity index (χ0n) is 15.6. The number of alkyl carbamates (subject to hydrolysis) is 1. The maximum atomic E-state index is 12.0. The first kappa shape index (κ1) is 18.1. The molecule has 2 aromatic carbocycles. The first-order chi connectivity index (χ1) is 13.7. The Labute approximate surface area is 162 Å². The number of benzene rings is 2. The van der Waals surface area contributed by atoms with Crippen LogP contribution in [0.1, 0.15) is 24.3 Å². The second kappa shape index (κ2) is 7.74. The number of nitrogens with zero attached hydrogens (tertiary/aromatic N) is 2. The summed E-state index contributed by atoms with van der Waals surface area (Å²) in [7, 11) is 0. The molecule has 0 aliphatic rings. The second-order valence-electron chi connectivity index (χ2n) is 6.71. The van der Waals surface area contributed by atoms with E-state index in [1.165, 1.54) is 0 Å². The van der Waals surface area contributed by atoms with Crippen LogP contribution < -0.4 is 11.1 Å². The van der Waals surface area contributed by atoms with Crippen molar-refractivity contribution in [2.75, 3.05) is 6.54 Å². The summed E-state index contributed by atoms with van der Waals surface area (Å²) in [6, 6.07) is 15.4. The fourth-order valence-electron chi connectivity index (χ4n) is 3.23. The molecule has 1 atom stereocenters. The highest BCUT2D eigenvalue weighted by atomic mass is 16.5. The molecule has 0 saturated carbocycles. The maximum absolute atomic E-state index is 12.0. The van der Waals surface area contributed by atoms with Crippen LogP contribution in [0.25, 0.3) is 21.9 Å². The lowest BCUT2D eigenvalue weighted by molar-refractivity contribution is 0.138. The quantitative estimate of drug-likeness (QED) is 0.533. The first-order valence-electron chi connectivity index (χ1n) is 9.19. The molecule has 0 spiro atoms. The molecule has 0 bridgehead atoms. The largest absolute Gasteiger partial charge is 0.460 e. The predicted octanol–water partition coefficient (Wildman–Crippen LogP) is 3.73. The number of fused-ring (bicyclic) bond motifs is 3. The SMILES string of the molecule is C[C@@H](CNC(=O)OCc1ccccc1)n1ncc2ccc3oc(CN)cc3c21. The van der Waals surface area contributed by atoms with Crippen molar-refractivity contribution in [1.82, 2.24) is 15.1 Å². The number of rotatable bonds is 6. The van der Waals surface area contributed by atoms with Gasteiger partial charge in [-0.05, 0) is 30.7 Å². The van der Waals surface area contributed by atoms with Gasteiger partial charge in [-0.25, -0.2) is 4.79 Å². The Bertz CT molecular complexity index is 1100. The number of carbonyl (C=O) groups is 1. The molecule has 0 radical (unpaired) electrons. The zero-order chi connectivity index (χ0) is 19.5. The molecule has 7 heteroatoms. The zero-order valence-corrected chi connectivity index (χ0v) is 15.6. The van der Waals surface area contributed by atoms with Crippen molar-refractivity contribution in [3.05, 3.63) is 66.1 Å². The molecular formula is C21H22N4O3. The summed E-state index contributed by atoms with van der Waals surface area (Å²) in [6.45, 7) is 2.97. The summed E-state index contributed by atoms with van der Waals surface area (Å²) < 4.78 is 12.9. The molecule has 0 aliphatic carbocycles. The van der Waals surface area contributed by atoms with Gasteiger partial charge in [-0.1, -0.05) is 30.3 Å². The average Bonchev–Trinajstić information content (AvgIpc) is 3.34. The Morgan fingerprint density at radius 2 is 2.11 bits per heavy atom. The van der Waals surface area contributed by atoms with Crippen molar-refractivity contribution in [3.63, 3.8) is 0 Å². The summed E-state index contributed by atoms with van der Waals surface area (Å²) in [5.74, 6) is 0.727. The van der Waals surface area contributed by atoms with Crippen LogP contribution in [0.15, 0.2) is 59.1 Å². The Hall–Kier alpha value is -3.32. The van der Waals surface area contributed by atoms with Crippen molar-refractivity contribution in [2.24, 2.45) is 5.73 Å². The van der Waals surface area contributed by atoms with E-state index >= 15 is 0 Å². The topological polar surface area (TPSA) is 95.3 Å². The second-order valence-corrected chi connectivity index (χ2v) is 6.71. The minimum absolute atomic E-state index is 0.0661. The summed E-state index contributed by atoms with van der Waals surface area (Å²) in [5, 5.41) is 9.28. The monoisotopic (exact) mass is 378 g/mol. The molecule has 0 fully saturated rings. The minimum atomic E-state index is -0.453. The smallest absolute Gasteiger partial charge is 0.407 e. The summed E-state index contributed by atoms with van der Waals surface area (Å²) in [6.07, 6.45) is 1.36. The molecule has 3 N–H and O–H groups in total. The molecular weight excluding hydrogens is 356 g/mol. The molecule has 7 nitrogen and oxygen atoms in total. The summed E-state index contributed by atoms with van der Waals surface area (Å²) in [4.78, 5) is 12.0. The highest BCUT2D eigenvalue weighted by molar-refractivity contribution is 6.03. The van der Waals surface area contributed by atoms with Gasteiger partial charge in [0.15, 0.2) is 0 Å². The van der Waals surface area contributed by atoms with E-state index in [-0.39, 0.29) is 12.6 Å². The Morgan fingerprint density at radius 3 is 2.89 bits per heavy atom. The Balaban J connectivity index is 1.46. The van der Waals surface area contributed by atoms with E-state index in [1.54, 1.807) is 0 Å². The fraction of sp³-hybridized carbons (Fsp3) is 0.238. The van der Waals surface area contributed by atoms with Gasteiger partial charge in [-0.2, -0.15) is 5.10 Å². The molecule has 1 amide bonds. The third-order valence-electron chi connectivity index (χ3n) is 4.68. The van der Waals surface area contributed by atoms with E-state index in [1.807, 2.05) is 66.3 Å². The molecule has 2 heterocycles. The van der Waals surface area contributed by atoms with Crippen molar-refractivity contribution in [1.29, 1.82) is 0 Å². The van der Waals surface area contributed by atoms with Gasteiger partial charge < -0.3 is 20.2 Å². The van der Waals surface area contributed by atoms with Gasteiger partial charge in [-0.15, -0.1) is 0 Å². The standard InChI is InChI=1S/C21H22N4O3/c1-14(11-23-21(26)27-13-15-5-3-2-4-6-15)25-20-16(12-24-25)7-8-19-18(20)9-17(10-22)28-19/h2-9,12,14H,10-11,13,22H2,1H3,(H,23,26)/t14-/m0/s1. The van der Waals surface area contributed by atoms with Crippen LogP contribution in [-0.4, -0.2) is 22.4 Å². The lowest BCUT2D eigenvalue weighted by atomic mass is 10.1. The van der Waals surface area contributed by atoms with Gasteiger partial charge in [0.25, 0.3) is 0 Å². The first-order valence-corrected chi connectivity index (χ1v) is 9.19. The lowest BCUT2D eigenvalue weighted by Gasteiger charge is -2.15. The molecule has 2 aromatic heterocycles. The molecule has 0 aliphatic heterocycles. The summed E-state index contributed by atoms with van der Waals surface area (Å²) in [5.41, 5.74) is 8.39. The molecule has 0 saturated heterocycles. The normalized spacial score (nSPS) is 12.4. The number of nitrogens with two attached hydrogens (primary N) is 1. The van der Waals surface area contributed by atoms with Gasteiger partial charge in [0.1, 0.15) is 18.0 Å². The lowest BCUT2D eigenvalue weighted by Crippen LogP contribution is -2.30. The number of ether oxygens (including phenoxy) is 1. The number of amides is 1. The number of hydrogen-bond donors (Lipinski definition) is 2. The van der Waals surface area contributed by atoms with E-state index in [9.17, 15) is 4.79 Å². The average molecular weight is 378 g/mol. The van der Waals surface area contributed by atoms with Gasteiger partial charge in [0.05, 0.1) is 24.3 Å². The van der Waals surface area contributed by atoms with Gasteiger partial charge in [0.2, 0.25) is 0 Å². The maximum Gasteiger partial charge on any atom is 0.407 e. The molecule has 4 aromatic rings. The van der Waals surface area contributed by atoms with Crippen molar-refractivity contribution in [3.8, 4) is 0 Å². The van der Waals surface area contributed by atoms with Crippen LogP contribution in [0.2, 0.25) is 0 Å². The number of aromatic nitrogens is 2. The highest BCUT2D eigenvalue weighted by Crippen LogP contribution is 2.29. The van der Waals surface area contributed by atoms with Crippen molar-refractivity contribution >= 4 is 28.0 Å². The van der Waals surface area contributed by atoms with Crippen LogP contribution >= 0.6 is 0 Å². The highest BCUT2D eigenvalue weighted by Gasteiger charge is 2.16. The van der Waals surface area contributed by atoms with E-state index in [0.29, 0.717) is 13.1 Å². The summed E-state index contributed by atoms with van der Waals surface area (Å²) >= 11 is 0. The third kappa shape index (κ3) is 3.57. The number of carbonyl (C=O) groups excluding carboxylic acids is 1. The third-order valence-corrected chi connectivity index (χ3v) is 4.68. The van der Waals surface area contributed by atoms with Crippen LogP contribution in [0.3, 0.4) is 0 Å². The Kier molecular flexibility index (Phi) is 4.99. The van der Waals surface area contributed by atoms with E-state index < -0.39 is 6.09 Å². The van der Waals surface area contributed by atoms with Crippen molar-refractivity contribution < 1.29 is 13.9 Å². The van der Waals surface area contributed by atoms with Gasteiger partial charge >= 0.3 is 6.09 Å². The van der Waals surface area contributed by atoms with Crippen LogP contribution in [0.5, 0.6) is 0 Å². The van der Waals surface area contributed by atoms with Crippen LogP contribution in [0, 0.1) is 0 Å². The Morgan fingerprint density at radius 1 is 1.29 bits per heavy atom.